The fourth-order valence-corrected chi connectivity index (χ4v) is 0.912. The predicted octanol–water partition coefficient (Wildman–Crippen LogP) is 2.00. The summed E-state index contributed by atoms with van der Waals surface area (Å²) in [6.07, 6.45) is 0.949. The minimum Gasteiger partial charge on any atom is -0.298 e. The van der Waals surface area contributed by atoms with Crippen molar-refractivity contribution in [3.05, 3.63) is 0 Å². The molecule has 0 aliphatic carbocycles. The summed E-state index contributed by atoms with van der Waals surface area (Å²) >= 11 is 3.11. The lowest BCUT2D eigenvalue weighted by Crippen LogP contribution is -2.09. The van der Waals surface area contributed by atoms with E-state index >= 15 is 0 Å². The molecule has 0 saturated heterocycles. The van der Waals surface area contributed by atoms with Crippen molar-refractivity contribution in [3.8, 4) is 0 Å². The average Bonchev–Trinajstić information content (AvgIpc) is 1.84. The normalized spacial score (nSPS) is 13.4. The Labute approximate surface area is 58.6 Å². The molecule has 48 valence electrons. The molecule has 0 unspecified atom stereocenters. The van der Waals surface area contributed by atoms with Gasteiger partial charge in [0.15, 0.2) is 0 Å². The largest absolute Gasteiger partial charge is 0.298 e. The van der Waals surface area contributed by atoms with Crippen LogP contribution in [0.1, 0.15) is 20.3 Å². The topological polar surface area (TPSA) is 17.1 Å². The van der Waals surface area contributed by atoms with Crippen molar-refractivity contribution in [1.82, 2.24) is 0 Å². The van der Waals surface area contributed by atoms with E-state index < -0.39 is 0 Å². The van der Waals surface area contributed by atoms with Crippen LogP contribution in [0.4, 0.5) is 0 Å². The number of ketones is 1. The number of rotatable bonds is 3. The third-order valence-corrected chi connectivity index (χ3v) is 1.85. The van der Waals surface area contributed by atoms with E-state index in [1.165, 1.54) is 0 Å². The molecule has 0 bridgehead atoms. The lowest BCUT2D eigenvalue weighted by molar-refractivity contribution is -0.119. The number of hydrogen-bond acceptors (Lipinski definition) is 1. The Morgan fingerprint density at radius 1 is 1.75 bits per heavy atom. The van der Waals surface area contributed by atoms with Crippen LogP contribution in [0.3, 0.4) is 0 Å². The lowest BCUT2D eigenvalue weighted by atomic mass is 10.1. The molecule has 1 atom stereocenters. The summed E-state index contributed by atoms with van der Waals surface area (Å²) in [6, 6.07) is 0. The molecule has 0 rings (SSSR count). The summed E-state index contributed by atoms with van der Waals surface area (Å²) < 4.78 is 0. The van der Waals surface area contributed by atoms with Gasteiger partial charge in [-0.1, -0.05) is 29.8 Å². The number of carbonyl (C=O) groups is 1. The van der Waals surface area contributed by atoms with Gasteiger partial charge >= 0.3 is 0 Å². The zero-order chi connectivity index (χ0) is 6.57. The Morgan fingerprint density at radius 3 is 2.38 bits per heavy atom. The highest BCUT2D eigenvalue weighted by Gasteiger charge is 2.06. The van der Waals surface area contributed by atoms with Crippen LogP contribution in [0.2, 0.25) is 0 Å². The van der Waals surface area contributed by atoms with Gasteiger partial charge in [-0.25, -0.2) is 0 Å². The summed E-state index contributed by atoms with van der Waals surface area (Å²) in [5.41, 5.74) is 0. The molecule has 0 fully saturated rings. The Morgan fingerprint density at radius 2 is 2.25 bits per heavy atom. The summed E-state index contributed by atoms with van der Waals surface area (Å²) in [7, 11) is 0. The van der Waals surface area contributed by atoms with E-state index in [-0.39, 0.29) is 5.92 Å². The molecule has 0 radical (unpaired) electrons. The molecular formula is C6H11BrO. The molecule has 8 heavy (non-hydrogen) atoms. The minimum absolute atomic E-state index is 0.231. The number of alkyl halides is 1. The van der Waals surface area contributed by atoms with Gasteiger partial charge in [-0.05, 0) is 6.42 Å². The highest BCUT2D eigenvalue weighted by atomic mass is 79.9. The van der Waals surface area contributed by atoms with Crippen LogP contribution in [-0.4, -0.2) is 11.1 Å². The van der Waals surface area contributed by atoms with Crippen LogP contribution < -0.4 is 0 Å². The first kappa shape index (κ1) is 8.15. The van der Waals surface area contributed by atoms with Crippen molar-refractivity contribution in [2.24, 2.45) is 5.92 Å². The Bertz CT molecular complexity index is 80.6. The Balaban J connectivity index is 3.46. The molecule has 0 heterocycles. The van der Waals surface area contributed by atoms with Gasteiger partial charge in [0, 0.05) is 5.92 Å². The quantitative estimate of drug-likeness (QED) is 0.605. The maximum atomic E-state index is 10.7. The van der Waals surface area contributed by atoms with Gasteiger partial charge in [-0.2, -0.15) is 0 Å². The molecule has 2 heteroatoms. The van der Waals surface area contributed by atoms with Crippen LogP contribution in [0, 0.1) is 5.92 Å². The van der Waals surface area contributed by atoms with Crippen molar-refractivity contribution < 1.29 is 4.79 Å². The molecule has 0 amide bonds. The fourth-order valence-electron chi connectivity index (χ4n) is 0.359. The average molecular weight is 179 g/mol. The van der Waals surface area contributed by atoms with Gasteiger partial charge in [0.1, 0.15) is 5.78 Å². The first-order valence-corrected chi connectivity index (χ1v) is 3.93. The van der Waals surface area contributed by atoms with Crippen LogP contribution in [0.15, 0.2) is 0 Å². The molecule has 0 aromatic carbocycles. The predicted molar refractivity (Wildman–Crippen MR) is 38.3 cm³/mol. The number of halogens is 1. The first-order valence-electron chi connectivity index (χ1n) is 2.81. The summed E-state index contributed by atoms with van der Waals surface area (Å²) in [4.78, 5) is 10.7. The van der Waals surface area contributed by atoms with Gasteiger partial charge in [0.25, 0.3) is 0 Å². The molecular weight excluding hydrogens is 168 g/mol. The van der Waals surface area contributed by atoms with Gasteiger partial charge in [0.2, 0.25) is 0 Å². The summed E-state index contributed by atoms with van der Waals surface area (Å²) in [5.74, 6) is 0.530. The number of Topliss-reactive ketones (excluding diaryl/α,β-unsaturated/α-hetero) is 1. The lowest BCUT2D eigenvalue weighted by Gasteiger charge is -2.01. The maximum Gasteiger partial charge on any atom is 0.146 e. The number of carbonyl (C=O) groups excluding carboxylic acids is 1. The fraction of sp³-hybridized carbons (Fsp3) is 0.833. The zero-order valence-corrected chi connectivity index (χ0v) is 6.86. The Kier molecular flexibility index (Phi) is 4.15. The molecule has 0 saturated carbocycles. The van der Waals surface area contributed by atoms with Crippen molar-refractivity contribution in [2.75, 3.05) is 5.33 Å². The monoisotopic (exact) mass is 178 g/mol. The second kappa shape index (κ2) is 4.07. The highest BCUT2D eigenvalue weighted by molar-refractivity contribution is 9.09. The molecule has 1 nitrogen and oxygen atoms in total. The molecule has 0 aliphatic heterocycles. The van der Waals surface area contributed by atoms with Crippen molar-refractivity contribution in [2.45, 2.75) is 20.3 Å². The molecule has 0 spiro atoms. The van der Waals surface area contributed by atoms with E-state index in [4.69, 9.17) is 0 Å². The van der Waals surface area contributed by atoms with E-state index in [1.54, 1.807) is 0 Å². The van der Waals surface area contributed by atoms with Crippen LogP contribution >= 0.6 is 15.9 Å². The third-order valence-electron chi connectivity index (χ3n) is 1.29. The van der Waals surface area contributed by atoms with E-state index in [2.05, 4.69) is 15.9 Å². The van der Waals surface area contributed by atoms with Crippen LogP contribution in [0.25, 0.3) is 0 Å². The maximum absolute atomic E-state index is 10.7. The van der Waals surface area contributed by atoms with Crippen LogP contribution in [0.5, 0.6) is 0 Å². The Hall–Kier alpha value is 0.150. The molecule has 0 aromatic rings. The van der Waals surface area contributed by atoms with E-state index in [0.717, 1.165) is 6.42 Å². The standard InChI is InChI=1S/C6H11BrO/c1-3-5(2)6(8)4-7/h5H,3-4H2,1-2H3/t5-/m0/s1. The zero-order valence-electron chi connectivity index (χ0n) is 5.28. The smallest absolute Gasteiger partial charge is 0.146 e. The summed E-state index contributed by atoms with van der Waals surface area (Å²) in [5, 5.41) is 0.502. The second-order valence-electron chi connectivity index (χ2n) is 1.91. The third kappa shape index (κ3) is 2.46. The molecule has 0 aromatic heterocycles. The van der Waals surface area contributed by atoms with E-state index in [0.29, 0.717) is 11.1 Å². The first-order chi connectivity index (χ1) is 3.72. The second-order valence-corrected chi connectivity index (χ2v) is 2.47. The molecule has 0 N–H and O–H groups in total. The number of hydrogen-bond donors (Lipinski definition) is 0. The van der Waals surface area contributed by atoms with E-state index in [1.807, 2.05) is 13.8 Å². The van der Waals surface area contributed by atoms with Gasteiger partial charge in [-0.15, -0.1) is 0 Å². The highest BCUT2D eigenvalue weighted by Crippen LogP contribution is 2.03. The minimum atomic E-state index is 0.231. The van der Waals surface area contributed by atoms with Crippen LogP contribution in [-0.2, 0) is 4.79 Å². The molecule has 0 aliphatic rings. The van der Waals surface area contributed by atoms with Gasteiger partial charge < -0.3 is 0 Å². The van der Waals surface area contributed by atoms with E-state index in [9.17, 15) is 4.79 Å². The van der Waals surface area contributed by atoms with Gasteiger partial charge in [0.05, 0.1) is 5.33 Å². The van der Waals surface area contributed by atoms with Crippen molar-refractivity contribution in [3.63, 3.8) is 0 Å². The van der Waals surface area contributed by atoms with Crippen molar-refractivity contribution >= 4 is 21.7 Å². The van der Waals surface area contributed by atoms with Crippen molar-refractivity contribution in [1.29, 1.82) is 0 Å². The van der Waals surface area contributed by atoms with Gasteiger partial charge in [-0.3, -0.25) is 4.79 Å². The SMILES string of the molecule is CC[C@H](C)C(=O)CBr. The summed E-state index contributed by atoms with van der Waals surface area (Å²) in [6.45, 7) is 3.97.